The largest absolute Gasteiger partial charge is 0.396 e. The monoisotopic (exact) mass is 247 g/mol. The lowest BCUT2D eigenvalue weighted by Crippen LogP contribution is -2.21. The molecule has 0 saturated heterocycles. The molecule has 0 unspecified atom stereocenters. The highest BCUT2D eigenvalue weighted by molar-refractivity contribution is 5.75. The molecular formula is C14H21N3O. The van der Waals surface area contributed by atoms with Crippen molar-refractivity contribution in [1.29, 1.82) is 0 Å². The van der Waals surface area contributed by atoms with Crippen molar-refractivity contribution in [2.75, 3.05) is 20.2 Å². The molecule has 0 atom stereocenters. The molecule has 0 spiro atoms. The summed E-state index contributed by atoms with van der Waals surface area (Å²) in [7, 11) is 4.16. The van der Waals surface area contributed by atoms with Crippen molar-refractivity contribution in [2.45, 2.75) is 19.4 Å². The van der Waals surface area contributed by atoms with Crippen molar-refractivity contribution in [3.05, 3.63) is 30.1 Å². The molecule has 0 aliphatic carbocycles. The molecule has 1 heterocycles. The Morgan fingerprint density at radius 1 is 1.28 bits per heavy atom. The summed E-state index contributed by atoms with van der Waals surface area (Å²) in [6.07, 6.45) is 1.89. The quantitative estimate of drug-likeness (QED) is 0.791. The van der Waals surface area contributed by atoms with Crippen LogP contribution in [0.2, 0.25) is 0 Å². The van der Waals surface area contributed by atoms with Crippen LogP contribution in [-0.4, -0.2) is 39.8 Å². The maximum absolute atomic E-state index is 8.77. The van der Waals surface area contributed by atoms with Gasteiger partial charge in [-0.05, 0) is 38.6 Å². The molecule has 1 aromatic heterocycles. The van der Waals surface area contributed by atoms with Gasteiger partial charge in [0, 0.05) is 13.7 Å². The first-order valence-corrected chi connectivity index (χ1v) is 6.42. The van der Waals surface area contributed by atoms with Crippen LogP contribution in [0.1, 0.15) is 18.7 Å². The average molecular weight is 247 g/mol. The van der Waals surface area contributed by atoms with Gasteiger partial charge < -0.3 is 9.67 Å². The Hall–Kier alpha value is -1.39. The number of aliphatic hydroxyl groups excluding tert-OH is 1. The maximum atomic E-state index is 8.77. The van der Waals surface area contributed by atoms with E-state index in [-0.39, 0.29) is 6.61 Å². The predicted octanol–water partition coefficient (Wildman–Crippen LogP) is 1.78. The van der Waals surface area contributed by atoms with Crippen LogP contribution in [0.4, 0.5) is 0 Å². The minimum Gasteiger partial charge on any atom is -0.396 e. The summed E-state index contributed by atoms with van der Waals surface area (Å²) >= 11 is 0. The Morgan fingerprint density at radius 2 is 2.06 bits per heavy atom. The third-order valence-corrected chi connectivity index (χ3v) is 3.24. The summed E-state index contributed by atoms with van der Waals surface area (Å²) in [5.41, 5.74) is 2.23. The summed E-state index contributed by atoms with van der Waals surface area (Å²) < 4.78 is 2.15. The topological polar surface area (TPSA) is 41.3 Å². The van der Waals surface area contributed by atoms with Gasteiger partial charge >= 0.3 is 0 Å². The Kier molecular flexibility index (Phi) is 4.33. The molecule has 1 N–H and O–H groups in total. The molecule has 98 valence electrons. The highest BCUT2D eigenvalue weighted by Crippen LogP contribution is 2.15. The number of hydrogen-bond acceptors (Lipinski definition) is 3. The Balaban J connectivity index is 2.05. The number of aryl methyl sites for hydroxylation is 1. The molecule has 1 aromatic carbocycles. The maximum Gasteiger partial charge on any atom is 0.123 e. The van der Waals surface area contributed by atoms with Gasteiger partial charge in [0.05, 0.1) is 17.6 Å². The van der Waals surface area contributed by atoms with Gasteiger partial charge in [0.15, 0.2) is 0 Å². The van der Waals surface area contributed by atoms with E-state index < -0.39 is 0 Å². The molecule has 2 aromatic rings. The Morgan fingerprint density at radius 3 is 2.78 bits per heavy atom. The van der Waals surface area contributed by atoms with E-state index >= 15 is 0 Å². The zero-order valence-corrected chi connectivity index (χ0v) is 11.1. The van der Waals surface area contributed by atoms with E-state index in [0.717, 1.165) is 37.3 Å². The van der Waals surface area contributed by atoms with E-state index in [0.29, 0.717) is 0 Å². The molecule has 0 radical (unpaired) electrons. The summed E-state index contributed by atoms with van der Waals surface area (Å²) in [6.45, 7) is 2.11. The summed E-state index contributed by atoms with van der Waals surface area (Å²) in [6, 6.07) is 8.20. The number of aliphatic hydroxyl groups is 1. The zero-order chi connectivity index (χ0) is 13.0. The van der Waals surface area contributed by atoms with Gasteiger partial charge in [-0.25, -0.2) is 4.98 Å². The molecule has 0 saturated carbocycles. The second kappa shape index (κ2) is 5.98. The molecule has 18 heavy (non-hydrogen) atoms. The fraction of sp³-hybridized carbons (Fsp3) is 0.500. The lowest BCUT2D eigenvalue weighted by Gasteiger charge is -2.15. The number of imidazole rings is 1. The van der Waals surface area contributed by atoms with Crippen LogP contribution in [-0.2, 0) is 13.6 Å². The molecule has 0 bridgehead atoms. The predicted molar refractivity (Wildman–Crippen MR) is 73.4 cm³/mol. The minimum absolute atomic E-state index is 0.278. The van der Waals surface area contributed by atoms with Gasteiger partial charge in [-0.2, -0.15) is 0 Å². The first-order valence-electron chi connectivity index (χ1n) is 6.42. The Bertz CT molecular complexity index is 507. The van der Waals surface area contributed by atoms with Gasteiger partial charge in [0.2, 0.25) is 0 Å². The van der Waals surface area contributed by atoms with Crippen LogP contribution < -0.4 is 0 Å². The van der Waals surface area contributed by atoms with Crippen LogP contribution in [0.5, 0.6) is 0 Å². The molecule has 4 heteroatoms. The Labute approximate surface area is 108 Å². The molecule has 2 rings (SSSR count). The molecular weight excluding hydrogens is 226 g/mol. The summed E-state index contributed by atoms with van der Waals surface area (Å²) in [5, 5.41) is 8.77. The van der Waals surface area contributed by atoms with Crippen LogP contribution in [0.15, 0.2) is 24.3 Å². The molecule has 4 nitrogen and oxygen atoms in total. The smallest absolute Gasteiger partial charge is 0.123 e. The van der Waals surface area contributed by atoms with E-state index in [1.807, 2.05) is 18.2 Å². The van der Waals surface area contributed by atoms with E-state index in [1.54, 1.807) is 0 Å². The van der Waals surface area contributed by atoms with E-state index in [4.69, 9.17) is 5.11 Å². The number of aromatic nitrogens is 2. The van der Waals surface area contributed by atoms with E-state index in [2.05, 4.69) is 34.6 Å². The highest BCUT2D eigenvalue weighted by atomic mass is 16.2. The van der Waals surface area contributed by atoms with Crippen molar-refractivity contribution in [2.24, 2.45) is 7.05 Å². The highest BCUT2D eigenvalue weighted by Gasteiger charge is 2.09. The molecule has 0 amide bonds. The standard InChI is InChI=1S/C14H21N3O/c1-16(9-5-6-10-18)11-14-15-12-7-3-4-8-13(12)17(14)2/h3-4,7-8,18H,5-6,9-11H2,1-2H3. The van der Waals surface area contributed by atoms with Crippen molar-refractivity contribution >= 4 is 11.0 Å². The van der Waals surface area contributed by atoms with Crippen LogP contribution >= 0.6 is 0 Å². The van der Waals surface area contributed by atoms with Gasteiger partial charge in [0.1, 0.15) is 5.82 Å². The van der Waals surface area contributed by atoms with Crippen molar-refractivity contribution in [3.63, 3.8) is 0 Å². The lowest BCUT2D eigenvalue weighted by atomic mass is 10.3. The fourth-order valence-corrected chi connectivity index (χ4v) is 2.15. The average Bonchev–Trinajstić information content (AvgIpc) is 2.67. The van der Waals surface area contributed by atoms with Gasteiger partial charge in [-0.3, -0.25) is 4.90 Å². The second-order valence-corrected chi connectivity index (χ2v) is 4.74. The van der Waals surface area contributed by atoms with E-state index in [1.165, 1.54) is 5.52 Å². The zero-order valence-electron chi connectivity index (χ0n) is 11.1. The van der Waals surface area contributed by atoms with Crippen molar-refractivity contribution in [1.82, 2.24) is 14.5 Å². The molecule has 0 aliphatic heterocycles. The van der Waals surface area contributed by atoms with Crippen molar-refractivity contribution < 1.29 is 5.11 Å². The number of fused-ring (bicyclic) bond motifs is 1. The lowest BCUT2D eigenvalue weighted by molar-refractivity contribution is 0.258. The first-order chi connectivity index (χ1) is 8.72. The van der Waals surface area contributed by atoms with Crippen molar-refractivity contribution in [3.8, 4) is 0 Å². The number of unbranched alkanes of at least 4 members (excludes halogenated alkanes) is 1. The minimum atomic E-state index is 0.278. The van der Waals surface area contributed by atoms with E-state index in [9.17, 15) is 0 Å². The van der Waals surface area contributed by atoms with Crippen LogP contribution in [0.25, 0.3) is 11.0 Å². The summed E-state index contributed by atoms with van der Waals surface area (Å²) in [4.78, 5) is 6.90. The van der Waals surface area contributed by atoms with Gasteiger partial charge in [0.25, 0.3) is 0 Å². The first kappa shape index (κ1) is 13.1. The number of para-hydroxylation sites is 2. The number of nitrogens with zero attached hydrogens (tertiary/aromatic N) is 3. The SMILES string of the molecule is CN(CCCCO)Cc1nc2ccccc2n1C. The second-order valence-electron chi connectivity index (χ2n) is 4.74. The van der Waals surface area contributed by atoms with Crippen LogP contribution in [0, 0.1) is 0 Å². The van der Waals surface area contributed by atoms with Gasteiger partial charge in [-0.1, -0.05) is 12.1 Å². The van der Waals surface area contributed by atoms with Gasteiger partial charge in [-0.15, -0.1) is 0 Å². The molecule has 0 aliphatic rings. The number of benzene rings is 1. The number of hydrogen-bond donors (Lipinski definition) is 1. The number of rotatable bonds is 6. The fourth-order valence-electron chi connectivity index (χ4n) is 2.15. The third kappa shape index (κ3) is 2.89. The summed E-state index contributed by atoms with van der Waals surface area (Å²) in [5.74, 6) is 1.09. The molecule has 0 fully saturated rings. The normalized spacial score (nSPS) is 11.6. The third-order valence-electron chi connectivity index (χ3n) is 3.24. The van der Waals surface area contributed by atoms with Crippen LogP contribution in [0.3, 0.4) is 0 Å².